The van der Waals surface area contributed by atoms with Gasteiger partial charge < -0.3 is 10.3 Å². The predicted molar refractivity (Wildman–Crippen MR) is 100 cm³/mol. The maximum Gasteiger partial charge on any atom is 0.224 e. The monoisotopic (exact) mass is 320 g/mol. The lowest BCUT2D eigenvalue weighted by atomic mass is 10.1. The number of unbranched alkanes of at least 4 members (excludes halogenated alkanes) is 2. The van der Waals surface area contributed by atoms with Crippen molar-refractivity contribution in [1.82, 2.24) is 4.98 Å². The third-order valence-electron chi connectivity index (χ3n) is 4.35. The molecule has 2 N–H and O–H groups in total. The minimum Gasteiger partial charge on any atom is -0.358 e. The molecule has 0 aliphatic rings. The summed E-state index contributed by atoms with van der Waals surface area (Å²) in [6.07, 6.45) is 4.72. The number of nitrogens with one attached hydrogen (secondary N) is 2. The topological polar surface area (TPSA) is 44.9 Å². The standard InChI is InChI=1S/C21H24N2O/c1-16-9-5-7-12-19(16)23-21(24)14-4-2-3-11-18-15-17-10-6-8-13-20(17)22-18/h5-10,12-13,15,22H,2-4,11,14H2,1H3,(H,23,24). The Labute approximate surface area is 143 Å². The van der Waals surface area contributed by atoms with E-state index in [-0.39, 0.29) is 5.91 Å². The summed E-state index contributed by atoms with van der Waals surface area (Å²) in [6.45, 7) is 2.01. The summed E-state index contributed by atoms with van der Waals surface area (Å²) >= 11 is 0. The van der Waals surface area contributed by atoms with Gasteiger partial charge in [-0.2, -0.15) is 0 Å². The minimum absolute atomic E-state index is 0.106. The van der Waals surface area contributed by atoms with E-state index < -0.39 is 0 Å². The van der Waals surface area contributed by atoms with Crippen molar-refractivity contribution < 1.29 is 4.79 Å². The van der Waals surface area contributed by atoms with Crippen LogP contribution in [0.3, 0.4) is 0 Å². The van der Waals surface area contributed by atoms with E-state index in [1.54, 1.807) is 0 Å². The fourth-order valence-corrected chi connectivity index (χ4v) is 2.97. The lowest BCUT2D eigenvalue weighted by molar-refractivity contribution is -0.116. The van der Waals surface area contributed by atoms with Crippen LogP contribution in [0.1, 0.15) is 36.9 Å². The van der Waals surface area contributed by atoms with Crippen LogP contribution in [0.5, 0.6) is 0 Å². The van der Waals surface area contributed by atoms with Crippen LogP contribution in [0.2, 0.25) is 0 Å². The highest BCUT2D eigenvalue weighted by atomic mass is 16.1. The van der Waals surface area contributed by atoms with Gasteiger partial charge in [0.1, 0.15) is 0 Å². The molecule has 0 aliphatic heterocycles. The first kappa shape index (κ1) is 16.3. The molecule has 3 nitrogen and oxygen atoms in total. The first-order valence-electron chi connectivity index (χ1n) is 8.64. The van der Waals surface area contributed by atoms with E-state index in [4.69, 9.17) is 0 Å². The summed E-state index contributed by atoms with van der Waals surface area (Å²) in [5, 5.41) is 4.26. The number of hydrogen-bond donors (Lipinski definition) is 2. The van der Waals surface area contributed by atoms with Crippen LogP contribution in [0.15, 0.2) is 54.6 Å². The second-order valence-electron chi connectivity index (χ2n) is 6.31. The second kappa shape index (κ2) is 7.82. The summed E-state index contributed by atoms with van der Waals surface area (Å²) < 4.78 is 0. The van der Waals surface area contributed by atoms with Gasteiger partial charge in [-0.25, -0.2) is 0 Å². The largest absolute Gasteiger partial charge is 0.358 e. The van der Waals surface area contributed by atoms with Gasteiger partial charge in [0.25, 0.3) is 0 Å². The number of carbonyl (C=O) groups is 1. The molecule has 0 unspecified atom stereocenters. The van der Waals surface area contributed by atoms with Gasteiger partial charge in [0.05, 0.1) is 0 Å². The molecule has 0 spiro atoms. The van der Waals surface area contributed by atoms with Gasteiger partial charge in [-0.05, 0) is 55.3 Å². The van der Waals surface area contributed by atoms with Gasteiger partial charge in [-0.3, -0.25) is 4.79 Å². The number of fused-ring (bicyclic) bond motifs is 1. The lowest BCUT2D eigenvalue weighted by Crippen LogP contribution is -2.11. The molecule has 1 heterocycles. The molecule has 1 amide bonds. The van der Waals surface area contributed by atoms with Gasteiger partial charge in [-0.1, -0.05) is 42.8 Å². The molecule has 24 heavy (non-hydrogen) atoms. The number of benzene rings is 2. The minimum atomic E-state index is 0.106. The van der Waals surface area contributed by atoms with Crippen LogP contribution in [0.4, 0.5) is 5.69 Å². The third kappa shape index (κ3) is 4.25. The number of para-hydroxylation sites is 2. The Morgan fingerprint density at radius 1 is 1.00 bits per heavy atom. The van der Waals surface area contributed by atoms with Gasteiger partial charge in [0.15, 0.2) is 0 Å². The Hall–Kier alpha value is -2.55. The maximum atomic E-state index is 12.0. The fraction of sp³-hybridized carbons (Fsp3) is 0.286. The Morgan fingerprint density at radius 3 is 2.62 bits per heavy atom. The van der Waals surface area contributed by atoms with Crippen LogP contribution in [0, 0.1) is 6.92 Å². The molecule has 0 aliphatic carbocycles. The molecule has 0 fully saturated rings. The second-order valence-corrected chi connectivity index (χ2v) is 6.31. The zero-order valence-corrected chi connectivity index (χ0v) is 14.1. The number of aryl methyl sites for hydroxylation is 2. The van der Waals surface area contributed by atoms with E-state index in [2.05, 4.69) is 40.6 Å². The third-order valence-corrected chi connectivity index (χ3v) is 4.35. The average Bonchev–Trinajstić information content (AvgIpc) is 2.99. The van der Waals surface area contributed by atoms with Crippen molar-refractivity contribution >= 4 is 22.5 Å². The number of rotatable bonds is 7. The van der Waals surface area contributed by atoms with Crippen molar-refractivity contribution in [2.45, 2.75) is 39.0 Å². The van der Waals surface area contributed by atoms with Gasteiger partial charge in [0, 0.05) is 23.3 Å². The van der Waals surface area contributed by atoms with Crippen molar-refractivity contribution in [2.24, 2.45) is 0 Å². The average molecular weight is 320 g/mol. The highest BCUT2D eigenvalue weighted by Crippen LogP contribution is 2.17. The molecule has 3 rings (SSSR count). The zero-order chi connectivity index (χ0) is 16.8. The Bertz CT molecular complexity index is 786. The summed E-state index contributed by atoms with van der Waals surface area (Å²) in [4.78, 5) is 15.5. The van der Waals surface area contributed by atoms with Crippen LogP contribution >= 0.6 is 0 Å². The molecular formula is C21H24N2O. The van der Waals surface area contributed by atoms with Crippen molar-refractivity contribution in [3.8, 4) is 0 Å². The number of carbonyl (C=O) groups excluding carboxylic acids is 1. The summed E-state index contributed by atoms with van der Waals surface area (Å²) in [5.41, 5.74) is 4.50. The van der Waals surface area contributed by atoms with E-state index in [1.165, 1.54) is 16.6 Å². The molecule has 0 saturated heterocycles. The SMILES string of the molecule is Cc1ccccc1NC(=O)CCCCCc1cc2ccccc2[nH]1. The van der Waals surface area contributed by atoms with Crippen molar-refractivity contribution in [3.05, 3.63) is 65.9 Å². The van der Waals surface area contributed by atoms with E-state index in [0.717, 1.165) is 36.9 Å². The first-order chi connectivity index (χ1) is 11.7. The van der Waals surface area contributed by atoms with Crippen molar-refractivity contribution in [2.75, 3.05) is 5.32 Å². The molecule has 0 saturated carbocycles. The van der Waals surface area contributed by atoms with Crippen LogP contribution < -0.4 is 5.32 Å². The van der Waals surface area contributed by atoms with E-state index in [9.17, 15) is 4.79 Å². The number of aromatic nitrogens is 1. The molecule has 2 aromatic carbocycles. The molecule has 1 aromatic heterocycles. The molecule has 0 atom stereocenters. The Kier molecular flexibility index (Phi) is 5.32. The summed E-state index contributed by atoms with van der Waals surface area (Å²) in [6, 6.07) is 18.5. The van der Waals surface area contributed by atoms with Crippen molar-refractivity contribution in [3.63, 3.8) is 0 Å². The highest BCUT2D eigenvalue weighted by Gasteiger charge is 2.04. The number of hydrogen-bond acceptors (Lipinski definition) is 1. The maximum absolute atomic E-state index is 12.0. The molecule has 0 bridgehead atoms. The predicted octanol–water partition coefficient (Wildman–Crippen LogP) is 5.22. The normalized spacial score (nSPS) is 10.9. The summed E-state index contributed by atoms with van der Waals surface area (Å²) in [5.74, 6) is 0.106. The quantitative estimate of drug-likeness (QED) is 0.576. The molecule has 124 valence electrons. The first-order valence-corrected chi connectivity index (χ1v) is 8.64. The van der Waals surface area contributed by atoms with Gasteiger partial charge in [-0.15, -0.1) is 0 Å². The number of H-pyrrole nitrogens is 1. The molecule has 3 heteroatoms. The van der Waals surface area contributed by atoms with E-state index in [1.807, 2.05) is 31.2 Å². The zero-order valence-electron chi connectivity index (χ0n) is 14.1. The Balaban J connectivity index is 1.37. The lowest BCUT2D eigenvalue weighted by Gasteiger charge is -2.07. The van der Waals surface area contributed by atoms with Gasteiger partial charge >= 0.3 is 0 Å². The smallest absolute Gasteiger partial charge is 0.224 e. The highest BCUT2D eigenvalue weighted by molar-refractivity contribution is 5.91. The van der Waals surface area contributed by atoms with Crippen LogP contribution in [0.25, 0.3) is 10.9 Å². The number of anilines is 1. The van der Waals surface area contributed by atoms with Crippen LogP contribution in [-0.4, -0.2) is 10.9 Å². The molecule has 3 aromatic rings. The summed E-state index contributed by atoms with van der Waals surface area (Å²) in [7, 11) is 0. The molecule has 0 radical (unpaired) electrons. The number of aromatic amines is 1. The van der Waals surface area contributed by atoms with Crippen molar-refractivity contribution in [1.29, 1.82) is 0 Å². The van der Waals surface area contributed by atoms with Crippen LogP contribution in [-0.2, 0) is 11.2 Å². The molecular weight excluding hydrogens is 296 g/mol. The Morgan fingerprint density at radius 2 is 1.79 bits per heavy atom. The van der Waals surface area contributed by atoms with Gasteiger partial charge in [0.2, 0.25) is 5.91 Å². The van der Waals surface area contributed by atoms with E-state index >= 15 is 0 Å². The van der Waals surface area contributed by atoms with E-state index in [0.29, 0.717) is 6.42 Å². The number of amides is 1. The fourth-order valence-electron chi connectivity index (χ4n) is 2.97.